The molecule has 0 radical (unpaired) electrons. The van der Waals surface area contributed by atoms with Gasteiger partial charge in [-0.1, -0.05) is 73.3 Å². The van der Waals surface area contributed by atoms with Crippen LogP contribution in [0, 0.1) is 5.82 Å². The molecule has 21 heavy (non-hydrogen) atoms. The molecule has 0 heterocycles. The van der Waals surface area contributed by atoms with Crippen LogP contribution < -0.4 is 0 Å². The minimum Gasteiger partial charge on any atom is -0.207 e. The summed E-state index contributed by atoms with van der Waals surface area (Å²) in [6.07, 6.45) is 0.548. The average Bonchev–Trinajstić information content (AvgIpc) is 2.47. The first-order chi connectivity index (χ1) is 10.0. The van der Waals surface area contributed by atoms with E-state index in [1.807, 2.05) is 24.3 Å². The fourth-order valence-corrected chi connectivity index (χ4v) is 4.56. The van der Waals surface area contributed by atoms with Crippen LogP contribution in [0.2, 0.25) is 10.0 Å². The van der Waals surface area contributed by atoms with E-state index in [9.17, 15) is 4.39 Å². The Labute approximate surface area is 150 Å². The molecule has 0 saturated carbocycles. The fraction of sp³-hybridized carbons (Fsp3) is 0.250. The van der Waals surface area contributed by atoms with Crippen molar-refractivity contribution in [3.8, 4) is 0 Å². The first-order valence-electron chi connectivity index (χ1n) is 6.33. The molecule has 2 rings (SSSR count). The Morgan fingerprint density at radius 2 is 1.62 bits per heavy atom. The lowest BCUT2D eigenvalue weighted by Gasteiger charge is -2.31. The van der Waals surface area contributed by atoms with Crippen molar-refractivity contribution in [2.75, 3.05) is 10.7 Å². The third-order valence-corrected chi connectivity index (χ3v) is 6.11. The molecule has 2 aromatic carbocycles. The van der Waals surface area contributed by atoms with E-state index in [1.165, 1.54) is 6.07 Å². The molecule has 0 bridgehead atoms. The summed E-state index contributed by atoms with van der Waals surface area (Å²) in [5, 5.41) is 2.46. The summed E-state index contributed by atoms with van der Waals surface area (Å²) in [5.74, 6) is -0.282. The molecule has 0 aliphatic rings. The van der Waals surface area contributed by atoms with E-state index in [0.29, 0.717) is 32.7 Å². The summed E-state index contributed by atoms with van der Waals surface area (Å²) in [5.41, 5.74) is 1.43. The lowest BCUT2D eigenvalue weighted by atomic mass is 9.79. The van der Waals surface area contributed by atoms with Gasteiger partial charge in [-0.15, -0.1) is 0 Å². The molecule has 112 valence electrons. The lowest BCUT2D eigenvalue weighted by Crippen LogP contribution is -2.33. The number of rotatable bonds is 5. The SMILES string of the molecule is Fc1cc(Cl)ccc1CC(CBr)(CBr)c1cccc(Cl)c1. The zero-order valence-corrected chi connectivity index (χ0v) is 15.7. The molecule has 0 aliphatic carbocycles. The number of halogens is 5. The van der Waals surface area contributed by atoms with Crippen molar-refractivity contribution in [1.29, 1.82) is 0 Å². The summed E-state index contributed by atoms with van der Waals surface area (Å²) in [6.45, 7) is 0. The Morgan fingerprint density at radius 3 is 2.19 bits per heavy atom. The zero-order chi connectivity index (χ0) is 15.5. The Hall–Kier alpha value is -0.0900. The highest BCUT2D eigenvalue weighted by molar-refractivity contribution is 9.09. The van der Waals surface area contributed by atoms with E-state index in [0.717, 1.165) is 5.56 Å². The van der Waals surface area contributed by atoms with Crippen LogP contribution in [0.3, 0.4) is 0 Å². The first kappa shape index (κ1) is 17.3. The predicted octanol–water partition coefficient (Wildman–Crippen LogP) is 6.40. The van der Waals surface area contributed by atoms with E-state index in [-0.39, 0.29) is 11.2 Å². The van der Waals surface area contributed by atoms with Crippen molar-refractivity contribution in [1.82, 2.24) is 0 Å². The summed E-state index contributed by atoms with van der Waals surface area (Å²) in [4.78, 5) is 0. The summed E-state index contributed by atoms with van der Waals surface area (Å²) in [7, 11) is 0. The van der Waals surface area contributed by atoms with Crippen LogP contribution in [-0.2, 0) is 11.8 Å². The maximum Gasteiger partial charge on any atom is 0.127 e. The lowest BCUT2D eigenvalue weighted by molar-refractivity contribution is 0.523. The normalized spacial score (nSPS) is 11.7. The predicted molar refractivity (Wildman–Crippen MR) is 95.8 cm³/mol. The van der Waals surface area contributed by atoms with Crippen molar-refractivity contribution in [3.63, 3.8) is 0 Å². The van der Waals surface area contributed by atoms with Gasteiger partial charge in [0.25, 0.3) is 0 Å². The standard InChI is InChI=1S/C16H13Br2Cl2F/c17-9-16(10-18,12-2-1-3-13(19)6-12)8-11-4-5-14(20)7-15(11)21/h1-7H,8-10H2. The molecule has 5 heteroatoms. The molecule has 0 spiro atoms. The topological polar surface area (TPSA) is 0 Å². The minimum absolute atomic E-state index is 0.278. The quantitative estimate of drug-likeness (QED) is 0.458. The summed E-state index contributed by atoms with van der Waals surface area (Å²) < 4.78 is 14.1. The maximum absolute atomic E-state index is 14.1. The molecular formula is C16H13Br2Cl2F. The van der Waals surface area contributed by atoms with Gasteiger partial charge in [0.05, 0.1) is 0 Å². The highest BCUT2D eigenvalue weighted by atomic mass is 79.9. The largest absolute Gasteiger partial charge is 0.207 e. The van der Waals surface area contributed by atoms with Crippen LogP contribution >= 0.6 is 55.1 Å². The molecular weight excluding hydrogens is 442 g/mol. The van der Waals surface area contributed by atoms with Gasteiger partial charge in [-0.05, 0) is 41.8 Å². The molecule has 0 aliphatic heterocycles. The van der Waals surface area contributed by atoms with Crippen LogP contribution in [0.15, 0.2) is 42.5 Å². The zero-order valence-electron chi connectivity index (χ0n) is 11.1. The Balaban J connectivity index is 2.43. The number of benzene rings is 2. The molecule has 0 atom stereocenters. The van der Waals surface area contributed by atoms with Gasteiger partial charge >= 0.3 is 0 Å². The second-order valence-electron chi connectivity index (χ2n) is 4.97. The van der Waals surface area contributed by atoms with Gasteiger partial charge in [0.15, 0.2) is 0 Å². The molecule has 2 aromatic rings. The number of alkyl halides is 2. The van der Waals surface area contributed by atoms with Crippen LogP contribution in [0.5, 0.6) is 0 Å². The molecule has 0 aromatic heterocycles. The third kappa shape index (κ3) is 4.01. The van der Waals surface area contributed by atoms with E-state index in [1.54, 1.807) is 12.1 Å². The smallest absolute Gasteiger partial charge is 0.127 e. The highest BCUT2D eigenvalue weighted by Crippen LogP contribution is 2.35. The van der Waals surface area contributed by atoms with Gasteiger partial charge in [0.2, 0.25) is 0 Å². The highest BCUT2D eigenvalue weighted by Gasteiger charge is 2.31. The second kappa shape index (κ2) is 7.45. The molecule has 0 saturated heterocycles. The van der Waals surface area contributed by atoms with E-state index in [4.69, 9.17) is 23.2 Å². The average molecular weight is 455 g/mol. The van der Waals surface area contributed by atoms with Gasteiger partial charge in [-0.2, -0.15) is 0 Å². The molecule has 0 unspecified atom stereocenters. The Kier molecular flexibility index (Phi) is 6.13. The maximum atomic E-state index is 14.1. The monoisotopic (exact) mass is 452 g/mol. The molecule has 0 amide bonds. The van der Waals surface area contributed by atoms with Gasteiger partial charge < -0.3 is 0 Å². The van der Waals surface area contributed by atoms with Crippen LogP contribution in [0.1, 0.15) is 11.1 Å². The van der Waals surface area contributed by atoms with Crippen molar-refractivity contribution in [3.05, 3.63) is 69.5 Å². The molecule has 0 fully saturated rings. The Bertz CT molecular complexity index is 627. The second-order valence-corrected chi connectivity index (χ2v) is 6.96. The van der Waals surface area contributed by atoms with Gasteiger partial charge in [-0.25, -0.2) is 4.39 Å². The van der Waals surface area contributed by atoms with Crippen molar-refractivity contribution in [2.24, 2.45) is 0 Å². The van der Waals surface area contributed by atoms with Gasteiger partial charge in [0, 0.05) is 26.1 Å². The summed E-state index contributed by atoms with van der Waals surface area (Å²) >= 11 is 19.1. The number of hydrogen-bond donors (Lipinski definition) is 0. The van der Waals surface area contributed by atoms with Crippen molar-refractivity contribution < 1.29 is 4.39 Å². The van der Waals surface area contributed by atoms with E-state index >= 15 is 0 Å². The van der Waals surface area contributed by atoms with E-state index < -0.39 is 0 Å². The van der Waals surface area contributed by atoms with Crippen molar-refractivity contribution in [2.45, 2.75) is 11.8 Å². The Morgan fingerprint density at radius 1 is 0.952 bits per heavy atom. The summed E-state index contributed by atoms with van der Waals surface area (Å²) in [6, 6.07) is 12.5. The van der Waals surface area contributed by atoms with Gasteiger partial charge in [-0.3, -0.25) is 0 Å². The molecule has 0 nitrogen and oxygen atoms in total. The van der Waals surface area contributed by atoms with Crippen LogP contribution in [0.4, 0.5) is 4.39 Å². The van der Waals surface area contributed by atoms with E-state index in [2.05, 4.69) is 31.9 Å². The van der Waals surface area contributed by atoms with Gasteiger partial charge in [0.1, 0.15) is 5.82 Å². The number of hydrogen-bond acceptors (Lipinski definition) is 0. The van der Waals surface area contributed by atoms with Crippen LogP contribution in [0.25, 0.3) is 0 Å². The first-order valence-corrected chi connectivity index (χ1v) is 9.32. The minimum atomic E-state index is -0.282. The van der Waals surface area contributed by atoms with Crippen molar-refractivity contribution >= 4 is 55.1 Å². The molecule has 0 N–H and O–H groups in total. The third-order valence-electron chi connectivity index (χ3n) is 3.49. The fourth-order valence-electron chi connectivity index (χ4n) is 2.23. The van der Waals surface area contributed by atoms with Crippen LogP contribution in [-0.4, -0.2) is 10.7 Å².